The summed E-state index contributed by atoms with van der Waals surface area (Å²) >= 11 is 0. The van der Waals surface area contributed by atoms with Crippen molar-refractivity contribution in [1.82, 2.24) is 9.78 Å². The largest absolute Gasteiger partial charge is 0.384 e. The van der Waals surface area contributed by atoms with Crippen molar-refractivity contribution in [2.75, 3.05) is 23.9 Å². The SMILES string of the molecule is CS(=O)(=O)c1ccccc1NCCCc1nn(-c2ccc(F)cc2)c(N)c1C#N. The lowest BCUT2D eigenvalue weighted by molar-refractivity contribution is 0.602. The second-order valence-corrected chi connectivity index (χ2v) is 8.49. The molecule has 150 valence electrons. The maximum absolute atomic E-state index is 13.1. The van der Waals surface area contributed by atoms with E-state index < -0.39 is 9.84 Å². The highest BCUT2D eigenvalue weighted by Gasteiger charge is 2.17. The van der Waals surface area contributed by atoms with Crippen molar-refractivity contribution in [3.63, 3.8) is 0 Å². The van der Waals surface area contributed by atoms with Gasteiger partial charge in [0.25, 0.3) is 0 Å². The van der Waals surface area contributed by atoms with Gasteiger partial charge in [0.2, 0.25) is 0 Å². The number of halogens is 1. The smallest absolute Gasteiger partial charge is 0.177 e. The van der Waals surface area contributed by atoms with E-state index >= 15 is 0 Å². The minimum atomic E-state index is -3.33. The van der Waals surface area contributed by atoms with Crippen LogP contribution in [0.1, 0.15) is 17.7 Å². The Morgan fingerprint density at radius 1 is 1.21 bits per heavy atom. The van der Waals surface area contributed by atoms with E-state index in [1.54, 1.807) is 24.3 Å². The Morgan fingerprint density at radius 2 is 1.90 bits per heavy atom. The summed E-state index contributed by atoms with van der Waals surface area (Å²) in [5.41, 5.74) is 7.96. The van der Waals surface area contributed by atoms with Gasteiger partial charge in [-0.05, 0) is 49.2 Å². The molecule has 0 saturated heterocycles. The van der Waals surface area contributed by atoms with Gasteiger partial charge < -0.3 is 11.1 Å². The van der Waals surface area contributed by atoms with Gasteiger partial charge in [-0.3, -0.25) is 0 Å². The molecule has 9 heteroatoms. The van der Waals surface area contributed by atoms with Crippen LogP contribution in [0.2, 0.25) is 0 Å². The first kappa shape index (κ1) is 20.4. The van der Waals surface area contributed by atoms with Crippen LogP contribution in [-0.4, -0.2) is 31.0 Å². The molecule has 0 fully saturated rings. The first-order valence-electron chi connectivity index (χ1n) is 8.87. The summed E-state index contributed by atoms with van der Waals surface area (Å²) in [6, 6.07) is 14.4. The van der Waals surface area contributed by atoms with E-state index in [4.69, 9.17) is 5.73 Å². The number of nitriles is 1. The Hall–Kier alpha value is -3.38. The Morgan fingerprint density at radius 3 is 2.55 bits per heavy atom. The number of para-hydroxylation sites is 1. The van der Waals surface area contributed by atoms with Crippen LogP contribution in [0.4, 0.5) is 15.9 Å². The zero-order chi connectivity index (χ0) is 21.0. The highest BCUT2D eigenvalue weighted by molar-refractivity contribution is 7.90. The lowest BCUT2D eigenvalue weighted by Gasteiger charge is -2.10. The highest BCUT2D eigenvalue weighted by Crippen LogP contribution is 2.23. The molecule has 2 aromatic carbocycles. The third-order valence-corrected chi connectivity index (χ3v) is 5.52. The van der Waals surface area contributed by atoms with Crippen molar-refractivity contribution >= 4 is 21.3 Å². The van der Waals surface area contributed by atoms with E-state index in [1.165, 1.54) is 28.9 Å². The minimum Gasteiger partial charge on any atom is -0.384 e. The number of nitrogen functional groups attached to an aromatic ring is 1. The van der Waals surface area contributed by atoms with Crippen molar-refractivity contribution in [2.24, 2.45) is 0 Å². The summed E-state index contributed by atoms with van der Waals surface area (Å²) in [5, 5.41) is 17.0. The molecule has 3 rings (SSSR count). The Bertz CT molecular complexity index is 1160. The van der Waals surface area contributed by atoms with E-state index in [-0.39, 0.29) is 22.1 Å². The molecule has 0 bridgehead atoms. The number of anilines is 2. The highest BCUT2D eigenvalue weighted by atomic mass is 32.2. The van der Waals surface area contributed by atoms with Crippen molar-refractivity contribution in [3.8, 4) is 11.8 Å². The van der Waals surface area contributed by atoms with E-state index in [9.17, 15) is 18.1 Å². The molecule has 0 aliphatic rings. The Kier molecular flexibility index (Phi) is 5.84. The zero-order valence-electron chi connectivity index (χ0n) is 15.8. The van der Waals surface area contributed by atoms with Gasteiger partial charge in [-0.15, -0.1) is 0 Å². The molecule has 1 aromatic heterocycles. The Labute approximate surface area is 168 Å². The average Bonchev–Trinajstić information content (AvgIpc) is 3.01. The maximum atomic E-state index is 13.1. The van der Waals surface area contributed by atoms with E-state index in [0.717, 1.165) is 6.26 Å². The maximum Gasteiger partial charge on any atom is 0.177 e. The van der Waals surface area contributed by atoms with Crippen molar-refractivity contribution in [3.05, 3.63) is 65.6 Å². The summed E-state index contributed by atoms with van der Waals surface area (Å²) in [6.07, 6.45) is 2.24. The predicted molar refractivity (Wildman–Crippen MR) is 109 cm³/mol. The fourth-order valence-electron chi connectivity index (χ4n) is 2.97. The molecule has 0 radical (unpaired) electrons. The molecule has 3 aromatic rings. The van der Waals surface area contributed by atoms with Crippen LogP contribution in [0.15, 0.2) is 53.4 Å². The summed E-state index contributed by atoms with van der Waals surface area (Å²) in [7, 11) is -3.33. The van der Waals surface area contributed by atoms with Crippen molar-refractivity contribution in [2.45, 2.75) is 17.7 Å². The number of benzene rings is 2. The van der Waals surface area contributed by atoms with Gasteiger partial charge in [-0.2, -0.15) is 10.4 Å². The van der Waals surface area contributed by atoms with Gasteiger partial charge in [0, 0.05) is 12.8 Å². The molecule has 0 unspecified atom stereocenters. The number of rotatable bonds is 7. The lowest BCUT2D eigenvalue weighted by atomic mass is 10.1. The van der Waals surface area contributed by atoms with E-state index in [1.807, 2.05) is 0 Å². The summed E-state index contributed by atoms with van der Waals surface area (Å²) in [5.74, 6) is -0.176. The monoisotopic (exact) mass is 413 g/mol. The van der Waals surface area contributed by atoms with Crippen LogP contribution in [0, 0.1) is 17.1 Å². The number of nitrogens with zero attached hydrogens (tertiary/aromatic N) is 3. The third-order valence-electron chi connectivity index (χ3n) is 4.37. The first-order chi connectivity index (χ1) is 13.8. The molecule has 0 aliphatic carbocycles. The topological polar surface area (TPSA) is 114 Å². The normalized spacial score (nSPS) is 11.2. The van der Waals surface area contributed by atoms with Gasteiger partial charge in [-0.25, -0.2) is 17.5 Å². The molecule has 0 amide bonds. The number of aromatic nitrogens is 2. The van der Waals surface area contributed by atoms with Crippen LogP contribution in [0.25, 0.3) is 5.69 Å². The second-order valence-electron chi connectivity index (χ2n) is 6.51. The van der Waals surface area contributed by atoms with E-state index in [0.29, 0.717) is 36.5 Å². The summed E-state index contributed by atoms with van der Waals surface area (Å²) in [6.45, 7) is 0.487. The van der Waals surface area contributed by atoms with Crippen LogP contribution < -0.4 is 11.1 Å². The number of hydrogen-bond acceptors (Lipinski definition) is 6. The van der Waals surface area contributed by atoms with Crippen LogP contribution >= 0.6 is 0 Å². The van der Waals surface area contributed by atoms with Crippen LogP contribution in [0.5, 0.6) is 0 Å². The lowest BCUT2D eigenvalue weighted by Crippen LogP contribution is -2.08. The quantitative estimate of drug-likeness (QED) is 0.576. The van der Waals surface area contributed by atoms with Gasteiger partial charge in [0.1, 0.15) is 23.3 Å². The number of nitrogens with two attached hydrogens (primary N) is 1. The zero-order valence-corrected chi connectivity index (χ0v) is 16.6. The molecular formula is C20H20FN5O2S. The molecule has 7 nitrogen and oxygen atoms in total. The summed E-state index contributed by atoms with van der Waals surface area (Å²) in [4.78, 5) is 0.238. The van der Waals surface area contributed by atoms with E-state index in [2.05, 4.69) is 16.5 Å². The van der Waals surface area contributed by atoms with Gasteiger partial charge in [0.05, 0.1) is 22.0 Å². The standard InChI is InChI=1S/C20H20FN5O2S/c1-29(27,28)19-7-3-2-5-18(19)24-12-4-6-17-16(13-22)20(23)26(25-17)15-10-8-14(21)9-11-15/h2-3,5,7-11,24H,4,6,12,23H2,1H3. The summed E-state index contributed by atoms with van der Waals surface area (Å²) < 4.78 is 38.3. The molecule has 0 saturated carbocycles. The van der Waals surface area contributed by atoms with Gasteiger partial charge in [0.15, 0.2) is 9.84 Å². The number of nitrogens with one attached hydrogen (secondary N) is 1. The fraction of sp³-hybridized carbons (Fsp3) is 0.200. The number of hydrogen-bond donors (Lipinski definition) is 2. The molecule has 0 aliphatic heterocycles. The van der Waals surface area contributed by atoms with Crippen LogP contribution in [0.3, 0.4) is 0 Å². The minimum absolute atomic E-state index is 0.199. The Balaban J connectivity index is 1.72. The second kappa shape index (κ2) is 8.32. The van der Waals surface area contributed by atoms with Gasteiger partial charge in [-0.1, -0.05) is 12.1 Å². The molecule has 0 atom stereocenters. The fourth-order valence-corrected chi connectivity index (χ4v) is 3.83. The predicted octanol–water partition coefficient (Wildman–Crippen LogP) is 2.91. The molecule has 1 heterocycles. The van der Waals surface area contributed by atoms with Crippen LogP contribution in [-0.2, 0) is 16.3 Å². The molecular weight excluding hydrogens is 393 g/mol. The third kappa shape index (κ3) is 4.55. The molecule has 0 spiro atoms. The molecule has 3 N–H and O–H groups in total. The average molecular weight is 413 g/mol. The van der Waals surface area contributed by atoms with Gasteiger partial charge >= 0.3 is 0 Å². The van der Waals surface area contributed by atoms with Crippen molar-refractivity contribution < 1.29 is 12.8 Å². The van der Waals surface area contributed by atoms with Crippen molar-refractivity contribution in [1.29, 1.82) is 5.26 Å². The molecule has 29 heavy (non-hydrogen) atoms. The first-order valence-corrected chi connectivity index (χ1v) is 10.8. The number of sulfone groups is 1. The number of aryl methyl sites for hydroxylation is 1.